The molecule has 0 saturated carbocycles. The molecule has 1 aliphatic rings. The van der Waals surface area contributed by atoms with Gasteiger partial charge < -0.3 is 10.5 Å². The standard InChI is InChI=1S/C18H30N2O/c1-12(2)13(3)20(6)16(11-19)15-9-7-8-14-10-18(4,5)21-17(14)15/h7-9,12-13,16H,10-11,19H2,1-6H3. The Morgan fingerprint density at radius 1 is 1.29 bits per heavy atom. The Hall–Kier alpha value is -1.06. The van der Waals surface area contributed by atoms with E-state index in [4.69, 9.17) is 10.5 Å². The van der Waals surface area contributed by atoms with Gasteiger partial charge in [-0.25, -0.2) is 0 Å². The lowest BCUT2D eigenvalue weighted by Gasteiger charge is -2.35. The maximum Gasteiger partial charge on any atom is 0.128 e. The molecule has 0 radical (unpaired) electrons. The number of nitrogens with two attached hydrogens (primary N) is 1. The van der Waals surface area contributed by atoms with Gasteiger partial charge >= 0.3 is 0 Å². The monoisotopic (exact) mass is 290 g/mol. The summed E-state index contributed by atoms with van der Waals surface area (Å²) < 4.78 is 6.22. The van der Waals surface area contributed by atoms with E-state index in [0.717, 1.165) is 12.2 Å². The summed E-state index contributed by atoms with van der Waals surface area (Å²) in [6.45, 7) is 11.7. The number of rotatable bonds is 5. The molecular weight excluding hydrogens is 260 g/mol. The number of hydrogen-bond acceptors (Lipinski definition) is 3. The molecule has 0 fully saturated rings. The third-order valence-electron chi connectivity index (χ3n) is 4.80. The second-order valence-electron chi connectivity index (χ2n) is 7.28. The number of nitrogens with zero attached hydrogens (tertiary/aromatic N) is 1. The van der Waals surface area contributed by atoms with Crippen molar-refractivity contribution in [1.82, 2.24) is 4.90 Å². The van der Waals surface area contributed by atoms with Crippen molar-refractivity contribution in [1.29, 1.82) is 0 Å². The van der Waals surface area contributed by atoms with Crippen LogP contribution >= 0.6 is 0 Å². The molecule has 3 nitrogen and oxygen atoms in total. The molecule has 2 unspecified atom stereocenters. The van der Waals surface area contributed by atoms with Crippen LogP contribution in [-0.2, 0) is 6.42 Å². The zero-order chi connectivity index (χ0) is 15.8. The quantitative estimate of drug-likeness (QED) is 0.903. The topological polar surface area (TPSA) is 38.5 Å². The molecule has 0 amide bonds. The van der Waals surface area contributed by atoms with E-state index in [0.29, 0.717) is 18.5 Å². The summed E-state index contributed by atoms with van der Waals surface area (Å²) >= 11 is 0. The van der Waals surface area contributed by atoms with Gasteiger partial charge in [0.1, 0.15) is 11.4 Å². The van der Waals surface area contributed by atoms with Gasteiger partial charge in [-0.05, 0) is 39.3 Å². The second kappa shape index (κ2) is 5.98. The molecule has 1 heterocycles. The Morgan fingerprint density at radius 3 is 2.52 bits per heavy atom. The molecule has 0 bridgehead atoms. The van der Waals surface area contributed by atoms with Crippen molar-refractivity contribution in [3.8, 4) is 5.75 Å². The maximum atomic E-state index is 6.22. The fraction of sp³-hybridized carbons (Fsp3) is 0.667. The van der Waals surface area contributed by atoms with Crippen molar-refractivity contribution in [2.45, 2.75) is 58.7 Å². The minimum absolute atomic E-state index is 0.111. The first-order valence-corrected chi connectivity index (χ1v) is 7.99. The first-order valence-electron chi connectivity index (χ1n) is 7.99. The van der Waals surface area contributed by atoms with Crippen molar-refractivity contribution in [3.63, 3.8) is 0 Å². The molecule has 2 N–H and O–H groups in total. The van der Waals surface area contributed by atoms with Crippen molar-refractivity contribution in [2.75, 3.05) is 13.6 Å². The Bertz CT molecular complexity index is 496. The molecular formula is C18H30N2O. The highest BCUT2D eigenvalue weighted by Gasteiger charge is 2.34. The van der Waals surface area contributed by atoms with Crippen molar-refractivity contribution in [3.05, 3.63) is 29.3 Å². The molecule has 0 aliphatic carbocycles. The normalized spacial score (nSPS) is 19.5. The first-order chi connectivity index (χ1) is 9.76. The van der Waals surface area contributed by atoms with Gasteiger partial charge in [-0.15, -0.1) is 0 Å². The average Bonchev–Trinajstić information content (AvgIpc) is 2.73. The fourth-order valence-electron chi connectivity index (χ4n) is 3.17. The molecule has 1 aromatic carbocycles. The number of likely N-dealkylation sites (N-methyl/N-ethyl adjacent to an activating group) is 1. The predicted octanol–water partition coefficient (Wildman–Crippen LogP) is 3.38. The van der Waals surface area contributed by atoms with Gasteiger partial charge in [-0.1, -0.05) is 32.0 Å². The summed E-state index contributed by atoms with van der Waals surface area (Å²) in [6, 6.07) is 7.15. The third-order valence-corrected chi connectivity index (χ3v) is 4.80. The Labute approximate surface area is 129 Å². The highest BCUT2D eigenvalue weighted by Crippen LogP contribution is 2.41. The maximum absolute atomic E-state index is 6.22. The lowest BCUT2D eigenvalue weighted by Crippen LogP contribution is -2.40. The minimum Gasteiger partial charge on any atom is -0.487 e. The molecule has 0 saturated heterocycles. The summed E-state index contributed by atoms with van der Waals surface area (Å²) in [7, 11) is 2.17. The van der Waals surface area contributed by atoms with E-state index < -0.39 is 0 Å². The Morgan fingerprint density at radius 2 is 1.95 bits per heavy atom. The van der Waals surface area contributed by atoms with E-state index in [1.54, 1.807) is 0 Å². The summed E-state index contributed by atoms with van der Waals surface area (Å²) in [6.07, 6.45) is 0.969. The van der Waals surface area contributed by atoms with Gasteiger partial charge in [0, 0.05) is 24.6 Å². The highest BCUT2D eigenvalue weighted by atomic mass is 16.5. The van der Waals surface area contributed by atoms with Crippen molar-refractivity contribution >= 4 is 0 Å². The summed E-state index contributed by atoms with van der Waals surface area (Å²) in [4.78, 5) is 2.38. The van der Waals surface area contributed by atoms with Crippen LogP contribution in [0.4, 0.5) is 0 Å². The molecule has 21 heavy (non-hydrogen) atoms. The van der Waals surface area contributed by atoms with Gasteiger partial charge in [-0.3, -0.25) is 4.90 Å². The van der Waals surface area contributed by atoms with Gasteiger partial charge in [0.15, 0.2) is 0 Å². The van der Waals surface area contributed by atoms with E-state index in [1.807, 2.05) is 0 Å². The first kappa shape index (κ1) is 16.3. The van der Waals surface area contributed by atoms with E-state index >= 15 is 0 Å². The van der Waals surface area contributed by atoms with E-state index in [9.17, 15) is 0 Å². The predicted molar refractivity (Wildman–Crippen MR) is 88.7 cm³/mol. The molecule has 2 atom stereocenters. The number of para-hydroxylation sites is 1. The molecule has 2 rings (SSSR count). The molecule has 0 aromatic heterocycles. The van der Waals surface area contributed by atoms with Gasteiger partial charge in [-0.2, -0.15) is 0 Å². The SMILES string of the molecule is CC(C)C(C)N(C)C(CN)c1cccc2c1OC(C)(C)C2. The minimum atomic E-state index is -0.111. The van der Waals surface area contributed by atoms with E-state index in [1.165, 1.54) is 11.1 Å². The summed E-state index contributed by atoms with van der Waals surface area (Å²) in [5.74, 6) is 1.65. The molecule has 1 aliphatic heterocycles. The Balaban J connectivity index is 2.35. The number of fused-ring (bicyclic) bond motifs is 1. The molecule has 118 valence electrons. The van der Waals surface area contributed by atoms with E-state index in [2.05, 4.69) is 64.8 Å². The van der Waals surface area contributed by atoms with Crippen LogP contribution in [0.1, 0.15) is 51.8 Å². The summed E-state index contributed by atoms with van der Waals surface area (Å²) in [5.41, 5.74) is 8.54. The summed E-state index contributed by atoms with van der Waals surface area (Å²) in [5, 5.41) is 0. The molecule has 1 aromatic rings. The van der Waals surface area contributed by atoms with Crippen LogP contribution in [0, 0.1) is 5.92 Å². The largest absolute Gasteiger partial charge is 0.487 e. The molecule has 3 heteroatoms. The lowest BCUT2D eigenvalue weighted by molar-refractivity contribution is 0.124. The third kappa shape index (κ3) is 3.24. The van der Waals surface area contributed by atoms with Gasteiger partial charge in [0.25, 0.3) is 0 Å². The second-order valence-corrected chi connectivity index (χ2v) is 7.28. The average molecular weight is 290 g/mol. The number of hydrogen-bond donors (Lipinski definition) is 1. The van der Waals surface area contributed by atoms with Crippen LogP contribution in [-0.4, -0.2) is 30.1 Å². The van der Waals surface area contributed by atoms with Crippen molar-refractivity contribution < 1.29 is 4.74 Å². The zero-order valence-electron chi connectivity index (χ0n) is 14.3. The van der Waals surface area contributed by atoms with E-state index in [-0.39, 0.29) is 11.6 Å². The fourth-order valence-corrected chi connectivity index (χ4v) is 3.17. The smallest absolute Gasteiger partial charge is 0.128 e. The number of benzene rings is 1. The van der Waals surface area contributed by atoms with Crippen LogP contribution in [0.2, 0.25) is 0 Å². The van der Waals surface area contributed by atoms with Gasteiger partial charge in [0.05, 0.1) is 6.04 Å². The Kier molecular flexibility index (Phi) is 4.64. The van der Waals surface area contributed by atoms with Crippen LogP contribution in [0.15, 0.2) is 18.2 Å². The van der Waals surface area contributed by atoms with Crippen molar-refractivity contribution in [2.24, 2.45) is 11.7 Å². The van der Waals surface area contributed by atoms with Crippen LogP contribution in [0.25, 0.3) is 0 Å². The zero-order valence-corrected chi connectivity index (χ0v) is 14.3. The number of ether oxygens (including phenoxy) is 1. The van der Waals surface area contributed by atoms with Crippen LogP contribution in [0.5, 0.6) is 5.75 Å². The van der Waals surface area contributed by atoms with Gasteiger partial charge in [0.2, 0.25) is 0 Å². The molecule has 0 spiro atoms. The highest BCUT2D eigenvalue weighted by molar-refractivity contribution is 5.47. The van der Waals surface area contributed by atoms with Crippen LogP contribution in [0.3, 0.4) is 0 Å². The van der Waals surface area contributed by atoms with Crippen LogP contribution < -0.4 is 10.5 Å². The lowest BCUT2D eigenvalue weighted by atomic mass is 9.95.